The molecule has 3 heteroatoms. The van der Waals surface area contributed by atoms with Crippen molar-refractivity contribution in [3.8, 4) is 22.3 Å². The lowest BCUT2D eigenvalue weighted by Gasteiger charge is -2.26. The molecule has 49 heavy (non-hydrogen) atoms. The molecule has 0 radical (unpaired) electrons. The predicted molar refractivity (Wildman–Crippen MR) is 204 cm³/mol. The van der Waals surface area contributed by atoms with Gasteiger partial charge >= 0.3 is 0 Å². The molecule has 0 fully saturated rings. The summed E-state index contributed by atoms with van der Waals surface area (Å²) >= 11 is 0. The molecule has 0 unspecified atom stereocenters. The lowest BCUT2D eigenvalue weighted by atomic mass is 9.98. The maximum Gasteiger partial charge on any atom is 0.159 e. The summed E-state index contributed by atoms with van der Waals surface area (Å²) in [5, 5.41) is 6.61. The Labute approximate surface area is 282 Å². The maximum absolute atomic E-state index is 6.88. The Balaban J connectivity index is 1.19. The minimum Gasteiger partial charge on any atom is -0.456 e. The molecule has 0 spiro atoms. The molecule has 0 atom stereocenters. The van der Waals surface area contributed by atoms with Gasteiger partial charge in [0.1, 0.15) is 16.7 Å². The van der Waals surface area contributed by atoms with Gasteiger partial charge in [0.25, 0.3) is 0 Å². The van der Waals surface area contributed by atoms with Gasteiger partial charge in [0.15, 0.2) is 5.58 Å². The van der Waals surface area contributed by atoms with Gasteiger partial charge in [-0.3, -0.25) is 0 Å². The second kappa shape index (κ2) is 11.0. The van der Waals surface area contributed by atoms with E-state index in [1.807, 2.05) is 18.2 Å². The van der Waals surface area contributed by atoms with Crippen molar-refractivity contribution >= 4 is 71.7 Å². The molecule has 0 aliphatic carbocycles. The summed E-state index contributed by atoms with van der Waals surface area (Å²) < 4.78 is 13.3. The standard InChI is InChI=1S/C46H29NO2/c1-2-11-30(12-3-1)33-14-8-15-34(29-33)31-23-26-35(27-24-31)47(40-19-10-22-43-44(40)39-17-6-7-21-42(39)48-43)41-20-9-18-37-38-28-25-32-13-4-5-16-36(32)45(38)49-46(37)41/h1-29H. The van der Waals surface area contributed by atoms with Crippen LogP contribution >= 0.6 is 0 Å². The third kappa shape index (κ3) is 4.44. The Hall–Kier alpha value is -6.58. The molecule has 0 aliphatic rings. The van der Waals surface area contributed by atoms with E-state index in [0.29, 0.717) is 0 Å². The lowest BCUT2D eigenvalue weighted by Crippen LogP contribution is -2.10. The highest BCUT2D eigenvalue weighted by atomic mass is 16.3. The molecule has 2 heterocycles. The minimum absolute atomic E-state index is 0.846. The highest BCUT2D eigenvalue weighted by molar-refractivity contribution is 6.19. The van der Waals surface area contributed by atoms with Crippen molar-refractivity contribution in [2.24, 2.45) is 0 Å². The van der Waals surface area contributed by atoms with Crippen LogP contribution in [0.25, 0.3) is 76.9 Å². The van der Waals surface area contributed by atoms with Gasteiger partial charge in [-0.1, -0.05) is 127 Å². The number of hydrogen-bond donors (Lipinski definition) is 0. The van der Waals surface area contributed by atoms with Crippen LogP contribution in [0, 0.1) is 0 Å². The Kier molecular flexibility index (Phi) is 6.18. The van der Waals surface area contributed by atoms with Crippen LogP contribution in [0.2, 0.25) is 0 Å². The Bertz CT molecular complexity index is 2830. The van der Waals surface area contributed by atoms with Crippen molar-refractivity contribution in [1.29, 1.82) is 0 Å². The zero-order valence-corrected chi connectivity index (χ0v) is 26.5. The summed E-state index contributed by atoms with van der Waals surface area (Å²) in [4.78, 5) is 2.32. The van der Waals surface area contributed by atoms with Crippen LogP contribution in [0.5, 0.6) is 0 Å². The van der Waals surface area contributed by atoms with E-state index in [1.54, 1.807) is 0 Å². The van der Waals surface area contributed by atoms with Crippen LogP contribution in [-0.4, -0.2) is 0 Å². The molecular formula is C46H29NO2. The summed E-state index contributed by atoms with van der Waals surface area (Å²) in [5.41, 5.74) is 11.2. The molecule has 10 rings (SSSR count). The van der Waals surface area contributed by atoms with E-state index < -0.39 is 0 Å². The fraction of sp³-hybridized carbons (Fsp3) is 0. The molecule has 0 saturated carbocycles. The topological polar surface area (TPSA) is 29.5 Å². The average Bonchev–Trinajstić information content (AvgIpc) is 3.75. The molecule has 0 saturated heterocycles. The monoisotopic (exact) mass is 627 g/mol. The molecular weight excluding hydrogens is 599 g/mol. The summed E-state index contributed by atoms with van der Waals surface area (Å²) in [6.45, 7) is 0. The Morgan fingerprint density at radius 1 is 0.347 bits per heavy atom. The van der Waals surface area contributed by atoms with Crippen molar-refractivity contribution in [2.45, 2.75) is 0 Å². The van der Waals surface area contributed by atoms with Gasteiger partial charge < -0.3 is 13.7 Å². The summed E-state index contributed by atoms with van der Waals surface area (Å²) in [6, 6.07) is 61.9. The van der Waals surface area contributed by atoms with E-state index in [1.165, 1.54) is 16.7 Å². The first kappa shape index (κ1) is 27.5. The van der Waals surface area contributed by atoms with Crippen molar-refractivity contribution in [2.75, 3.05) is 4.90 Å². The molecule has 0 bridgehead atoms. The molecule has 3 nitrogen and oxygen atoms in total. The number of rotatable bonds is 5. The van der Waals surface area contributed by atoms with E-state index >= 15 is 0 Å². The second-order valence-corrected chi connectivity index (χ2v) is 12.5. The van der Waals surface area contributed by atoms with Crippen LogP contribution in [0.1, 0.15) is 0 Å². The van der Waals surface area contributed by atoms with Gasteiger partial charge in [0, 0.05) is 27.2 Å². The maximum atomic E-state index is 6.88. The SMILES string of the molecule is c1ccc(-c2cccc(-c3ccc(N(c4cccc5c4oc4c6ccccc6ccc54)c4cccc5oc6ccccc6c45)cc3)c2)cc1. The molecule has 0 N–H and O–H groups in total. The van der Waals surface area contributed by atoms with Crippen molar-refractivity contribution in [3.05, 3.63) is 176 Å². The number of para-hydroxylation sites is 2. The number of benzene rings is 8. The quantitative estimate of drug-likeness (QED) is 0.190. The van der Waals surface area contributed by atoms with Crippen molar-refractivity contribution < 1.29 is 8.83 Å². The second-order valence-electron chi connectivity index (χ2n) is 12.5. The molecule has 2 aromatic heterocycles. The number of nitrogens with zero attached hydrogens (tertiary/aromatic N) is 1. The summed E-state index contributed by atoms with van der Waals surface area (Å²) in [5.74, 6) is 0. The minimum atomic E-state index is 0.846. The largest absolute Gasteiger partial charge is 0.456 e. The van der Waals surface area contributed by atoms with Crippen LogP contribution < -0.4 is 4.90 Å². The molecule has 0 aliphatic heterocycles. The van der Waals surface area contributed by atoms with Crippen LogP contribution in [0.15, 0.2) is 185 Å². The smallest absolute Gasteiger partial charge is 0.159 e. The molecule has 8 aromatic carbocycles. The summed E-state index contributed by atoms with van der Waals surface area (Å²) in [6.07, 6.45) is 0. The zero-order chi connectivity index (χ0) is 32.3. The van der Waals surface area contributed by atoms with Gasteiger partial charge in [-0.15, -0.1) is 0 Å². The van der Waals surface area contributed by atoms with Crippen LogP contribution in [0.4, 0.5) is 17.1 Å². The molecule has 230 valence electrons. The predicted octanol–water partition coefficient (Wildman–Crippen LogP) is 13.4. The van der Waals surface area contributed by atoms with Gasteiger partial charge in [0.2, 0.25) is 0 Å². The third-order valence-corrected chi connectivity index (χ3v) is 9.66. The molecule has 0 amide bonds. The van der Waals surface area contributed by atoms with Gasteiger partial charge in [-0.05, 0) is 76.2 Å². The van der Waals surface area contributed by atoms with E-state index in [4.69, 9.17) is 8.83 Å². The molecule has 10 aromatic rings. The third-order valence-electron chi connectivity index (χ3n) is 9.66. The van der Waals surface area contributed by atoms with E-state index in [-0.39, 0.29) is 0 Å². The zero-order valence-electron chi connectivity index (χ0n) is 26.5. The lowest BCUT2D eigenvalue weighted by molar-refractivity contribution is 0.668. The normalized spacial score (nSPS) is 11.7. The van der Waals surface area contributed by atoms with Gasteiger partial charge in [-0.25, -0.2) is 0 Å². The number of furan rings is 2. The van der Waals surface area contributed by atoms with Crippen LogP contribution in [0.3, 0.4) is 0 Å². The van der Waals surface area contributed by atoms with Gasteiger partial charge in [0.05, 0.1) is 16.8 Å². The Morgan fingerprint density at radius 3 is 1.82 bits per heavy atom. The fourth-order valence-electron chi connectivity index (χ4n) is 7.35. The van der Waals surface area contributed by atoms with E-state index in [9.17, 15) is 0 Å². The average molecular weight is 628 g/mol. The van der Waals surface area contributed by atoms with Crippen molar-refractivity contribution in [1.82, 2.24) is 0 Å². The fourth-order valence-corrected chi connectivity index (χ4v) is 7.35. The number of fused-ring (bicyclic) bond motifs is 8. The summed E-state index contributed by atoms with van der Waals surface area (Å²) in [7, 11) is 0. The van der Waals surface area contributed by atoms with Crippen molar-refractivity contribution in [3.63, 3.8) is 0 Å². The Morgan fingerprint density at radius 2 is 0.959 bits per heavy atom. The van der Waals surface area contributed by atoms with Gasteiger partial charge in [-0.2, -0.15) is 0 Å². The first-order chi connectivity index (χ1) is 24.3. The van der Waals surface area contributed by atoms with Crippen LogP contribution in [-0.2, 0) is 0 Å². The van der Waals surface area contributed by atoms with E-state index in [0.717, 1.165) is 77.3 Å². The highest BCUT2D eigenvalue weighted by Gasteiger charge is 2.23. The first-order valence-corrected chi connectivity index (χ1v) is 16.6. The van der Waals surface area contributed by atoms with E-state index in [2.05, 4.69) is 163 Å². The first-order valence-electron chi connectivity index (χ1n) is 16.6. The number of anilines is 3. The highest BCUT2D eigenvalue weighted by Crippen LogP contribution is 2.47. The number of hydrogen-bond acceptors (Lipinski definition) is 3.